The van der Waals surface area contributed by atoms with E-state index in [4.69, 9.17) is 10.1 Å². The molecule has 6 heterocycles. The largest absolute Gasteiger partial charge is 0.345 e. The first-order valence-corrected chi connectivity index (χ1v) is 12.8. The molecular weight excluding hydrogens is 464 g/mol. The van der Waals surface area contributed by atoms with Crippen LogP contribution in [-0.4, -0.2) is 61.8 Å². The molecule has 10 nitrogen and oxygen atoms in total. The predicted octanol–water partition coefficient (Wildman–Crippen LogP) is 2.92. The first-order chi connectivity index (χ1) is 16.9. The maximum Gasteiger partial charge on any atom is 0.211 e. The molecule has 0 bridgehead atoms. The van der Waals surface area contributed by atoms with E-state index < -0.39 is 15.6 Å². The molecule has 1 N–H and O–H groups in total. The highest BCUT2D eigenvalue weighted by Crippen LogP contribution is 2.36. The number of sulfonamides is 1. The minimum absolute atomic E-state index is 0.151. The lowest BCUT2D eigenvalue weighted by atomic mass is 9.89. The Morgan fingerprint density at radius 2 is 1.89 bits per heavy atom. The van der Waals surface area contributed by atoms with Crippen LogP contribution >= 0.6 is 0 Å². The van der Waals surface area contributed by atoms with Crippen molar-refractivity contribution in [3.05, 3.63) is 61.2 Å². The van der Waals surface area contributed by atoms with E-state index in [9.17, 15) is 13.7 Å². The van der Waals surface area contributed by atoms with Crippen LogP contribution in [0.5, 0.6) is 0 Å². The maximum atomic E-state index is 11.9. The van der Waals surface area contributed by atoms with Crippen LogP contribution in [0.2, 0.25) is 0 Å². The summed E-state index contributed by atoms with van der Waals surface area (Å²) in [6.07, 6.45) is 8.47. The van der Waals surface area contributed by atoms with E-state index >= 15 is 0 Å². The normalized spacial score (nSPS) is 15.8. The minimum atomic E-state index is -3.33. The fraction of sp³-hybridized carbons (Fsp3) is 0.208. The summed E-state index contributed by atoms with van der Waals surface area (Å²) in [5.74, 6) is 0. The molecule has 174 valence electrons. The summed E-state index contributed by atoms with van der Waals surface area (Å²) in [5, 5.41) is 16.0. The van der Waals surface area contributed by atoms with Gasteiger partial charge >= 0.3 is 0 Å². The van der Waals surface area contributed by atoms with Gasteiger partial charge in [-0.25, -0.2) is 18.4 Å². The zero-order valence-electron chi connectivity index (χ0n) is 18.8. The SMILES string of the molecule is CS(=O)(=O)N1CC(CC#N)(n2ccc(-c3nc(-c4c[nH]c5ncccc45)cc4ncccc34)n2)C1. The molecule has 1 aliphatic heterocycles. The lowest BCUT2D eigenvalue weighted by molar-refractivity contribution is 0.0726. The van der Waals surface area contributed by atoms with Gasteiger partial charge in [0.25, 0.3) is 0 Å². The van der Waals surface area contributed by atoms with Gasteiger partial charge in [0, 0.05) is 54.2 Å². The van der Waals surface area contributed by atoms with E-state index in [2.05, 4.69) is 21.0 Å². The number of aromatic nitrogens is 6. The molecular formula is C24H20N8O2S. The Hall–Kier alpha value is -4.14. The van der Waals surface area contributed by atoms with E-state index in [0.29, 0.717) is 11.4 Å². The van der Waals surface area contributed by atoms with Crippen LogP contribution in [-0.2, 0) is 15.6 Å². The smallest absolute Gasteiger partial charge is 0.211 e. The molecule has 0 amide bonds. The lowest BCUT2D eigenvalue weighted by Crippen LogP contribution is -2.63. The summed E-state index contributed by atoms with van der Waals surface area (Å²) in [7, 11) is -3.33. The van der Waals surface area contributed by atoms with Crippen molar-refractivity contribution in [2.45, 2.75) is 12.0 Å². The van der Waals surface area contributed by atoms with Gasteiger partial charge in [0.05, 0.1) is 30.0 Å². The van der Waals surface area contributed by atoms with Gasteiger partial charge in [0.1, 0.15) is 22.6 Å². The Kier molecular flexibility index (Phi) is 4.70. The molecule has 6 rings (SSSR count). The topological polar surface area (TPSA) is 133 Å². The predicted molar refractivity (Wildman–Crippen MR) is 130 cm³/mol. The van der Waals surface area contributed by atoms with Crippen molar-refractivity contribution in [2.24, 2.45) is 0 Å². The second-order valence-electron chi connectivity index (χ2n) is 8.76. The van der Waals surface area contributed by atoms with Crippen LogP contribution in [0.25, 0.3) is 44.6 Å². The van der Waals surface area contributed by atoms with Crippen molar-refractivity contribution >= 4 is 32.0 Å². The number of nitrogens with zero attached hydrogens (tertiary/aromatic N) is 7. The molecule has 35 heavy (non-hydrogen) atoms. The standard InChI is InChI=1S/C24H20N8O2S/c1-35(33,34)31-14-24(15-31,7-8-25)32-11-6-19(30-32)22-17-5-3-9-26-20(17)12-21(29-22)18-13-28-23-16(18)4-2-10-27-23/h2-6,9-13H,7,14-15H2,1H3,(H,27,28). The van der Waals surface area contributed by atoms with Crippen LogP contribution in [0.15, 0.2) is 61.2 Å². The zero-order chi connectivity index (χ0) is 24.2. The number of H-pyrrole nitrogens is 1. The Morgan fingerprint density at radius 1 is 1.11 bits per heavy atom. The second kappa shape index (κ2) is 7.69. The number of nitrogens with one attached hydrogen (secondary N) is 1. The van der Waals surface area contributed by atoms with Crippen molar-refractivity contribution in [3.8, 4) is 28.7 Å². The average Bonchev–Trinajstić information content (AvgIpc) is 3.47. The van der Waals surface area contributed by atoms with Crippen molar-refractivity contribution in [2.75, 3.05) is 19.3 Å². The summed E-state index contributed by atoms with van der Waals surface area (Å²) in [6.45, 7) is 0.414. The van der Waals surface area contributed by atoms with Crippen molar-refractivity contribution in [1.82, 2.24) is 34.0 Å². The average molecular weight is 485 g/mol. The Morgan fingerprint density at radius 3 is 2.66 bits per heavy atom. The summed E-state index contributed by atoms with van der Waals surface area (Å²) < 4.78 is 26.9. The minimum Gasteiger partial charge on any atom is -0.345 e. The fourth-order valence-corrected chi connectivity index (χ4v) is 5.57. The van der Waals surface area contributed by atoms with E-state index in [1.54, 1.807) is 23.3 Å². The van der Waals surface area contributed by atoms with Gasteiger partial charge in [-0.1, -0.05) is 0 Å². The highest BCUT2D eigenvalue weighted by Gasteiger charge is 2.49. The third-order valence-corrected chi connectivity index (χ3v) is 7.66. The second-order valence-corrected chi connectivity index (χ2v) is 10.7. The molecule has 11 heteroatoms. The molecule has 5 aromatic heterocycles. The van der Waals surface area contributed by atoms with Crippen molar-refractivity contribution in [1.29, 1.82) is 5.26 Å². The fourth-order valence-electron chi connectivity index (χ4n) is 4.62. The van der Waals surface area contributed by atoms with Gasteiger partial charge in [-0.15, -0.1) is 0 Å². The summed E-state index contributed by atoms with van der Waals surface area (Å²) in [4.78, 5) is 17.1. The quantitative estimate of drug-likeness (QED) is 0.405. The van der Waals surface area contributed by atoms with Gasteiger partial charge in [-0.3, -0.25) is 9.67 Å². The van der Waals surface area contributed by atoms with E-state index in [-0.39, 0.29) is 19.5 Å². The monoisotopic (exact) mass is 484 g/mol. The molecule has 0 unspecified atom stereocenters. The van der Waals surface area contributed by atoms with Gasteiger partial charge in [-0.05, 0) is 36.4 Å². The molecule has 0 saturated carbocycles. The van der Waals surface area contributed by atoms with E-state index in [0.717, 1.165) is 33.2 Å². The van der Waals surface area contributed by atoms with E-state index in [1.807, 2.05) is 42.6 Å². The Balaban J connectivity index is 1.47. The Bertz CT molecular complexity index is 1740. The third-order valence-electron chi connectivity index (χ3n) is 6.46. The number of fused-ring (bicyclic) bond motifs is 2. The van der Waals surface area contributed by atoms with Crippen LogP contribution in [0.4, 0.5) is 0 Å². The molecule has 0 radical (unpaired) electrons. The number of rotatable bonds is 5. The van der Waals surface area contributed by atoms with Gasteiger partial charge < -0.3 is 4.98 Å². The van der Waals surface area contributed by atoms with Crippen molar-refractivity contribution in [3.63, 3.8) is 0 Å². The van der Waals surface area contributed by atoms with Crippen LogP contribution in [0.1, 0.15) is 6.42 Å². The highest BCUT2D eigenvalue weighted by molar-refractivity contribution is 7.88. The van der Waals surface area contributed by atoms with Gasteiger partial charge in [-0.2, -0.15) is 14.7 Å². The molecule has 1 saturated heterocycles. The van der Waals surface area contributed by atoms with Crippen molar-refractivity contribution < 1.29 is 8.42 Å². The van der Waals surface area contributed by atoms with Crippen LogP contribution < -0.4 is 0 Å². The van der Waals surface area contributed by atoms with Gasteiger partial charge in [0.2, 0.25) is 10.0 Å². The molecule has 1 fully saturated rings. The summed E-state index contributed by atoms with van der Waals surface area (Å²) in [6, 6.07) is 13.6. The molecule has 5 aromatic rings. The number of pyridine rings is 3. The zero-order valence-corrected chi connectivity index (χ0v) is 19.6. The molecule has 1 aliphatic rings. The van der Waals surface area contributed by atoms with E-state index in [1.165, 1.54) is 10.6 Å². The molecule has 0 spiro atoms. The van der Waals surface area contributed by atoms with Crippen LogP contribution in [0, 0.1) is 11.3 Å². The van der Waals surface area contributed by atoms with Crippen LogP contribution in [0.3, 0.4) is 0 Å². The highest BCUT2D eigenvalue weighted by atomic mass is 32.2. The number of aromatic amines is 1. The lowest BCUT2D eigenvalue weighted by Gasteiger charge is -2.47. The molecule has 0 aliphatic carbocycles. The summed E-state index contributed by atoms with van der Waals surface area (Å²) >= 11 is 0. The Labute approximate surface area is 200 Å². The maximum absolute atomic E-state index is 11.9. The van der Waals surface area contributed by atoms with Gasteiger partial charge in [0.15, 0.2) is 0 Å². The molecule has 0 atom stereocenters. The molecule has 0 aromatic carbocycles. The number of nitriles is 1. The summed E-state index contributed by atoms with van der Waals surface area (Å²) in [5.41, 5.74) is 3.77. The number of hydrogen-bond acceptors (Lipinski definition) is 7. The first-order valence-electron chi connectivity index (χ1n) is 10.9. The number of hydrogen-bond donors (Lipinski definition) is 1. The first kappa shape index (κ1) is 21.4. The third kappa shape index (κ3) is 3.46.